The van der Waals surface area contributed by atoms with Crippen LogP contribution in [0, 0.1) is 6.92 Å². The lowest BCUT2D eigenvalue weighted by atomic mass is 9.98. The van der Waals surface area contributed by atoms with Gasteiger partial charge in [0.2, 0.25) is 0 Å². The smallest absolute Gasteiger partial charge is 0.160 e. The molecular weight excluding hydrogens is 226 g/mol. The van der Waals surface area contributed by atoms with Crippen LogP contribution >= 0.6 is 0 Å². The number of methoxy groups -OCH3 is 1. The van der Waals surface area contributed by atoms with Crippen LogP contribution in [0.3, 0.4) is 0 Å². The van der Waals surface area contributed by atoms with Crippen molar-refractivity contribution in [3.8, 4) is 0 Å². The summed E-state index contributed by atoms with van der Waals surface area (Å²) >= 11 is 0. The molecule has 1 fully saturated rings. The van der Waals surface area contributed by atoms with Gasteiger partial charge in [-0.15, -0.1) is 0 Å². The Bertz CT molecular complexity index is 453. The summed E-state index contributed by atoms with van der Waals surface area (Å²) in [4.78, 5) is 9.56. The van der Waals surface area contributed by atoms with Crippen LogP contribution in [0.15, 0.2) is 0 Å². The maximum Gasteiger partial charge on any atom is 0.160 e. The van der Waals surface area contributed by atoms with Gasteiger partial charge in [0, 0.05) is 37.9 Å². The van der Waals surface area contributed by atoms with Crippen LogP contribution in [0.25, 0.3) is 0 Å². The number of nitrogens with one attached hydrogen (secondary N) is 1. The van der Waals surface area contributed by atoms with Crippen molar-refractivity contribution in [3.63, 3.8) is 0 Å². The number of aromatic nitrogens is 2. The monoisotopic (exact) mass is 247 g/mol. The van der Waals surface area contributed by atoms with Crippen molar-refractivity contribution >= 4 is 0 Å². The van der Waals surface area contributed by atoms with Gasteiger partial charge < -0.3 is 10.1 Å². The Morgan fingerprint density at radius 2 is 2.00 bits per heavy atom. The Morgan fingerprint density at radius 1 is 1.22 bits per heavy atom. The van der Waals surface area contributed by atoms with Crippen LogP contribution in [-0.4, -0.2) is 23.6 Å². The minimum absolute atomic E-state index is 0.218. The molecule has 1 aromatic rings. The van der Waals surface area contributed by atoms with Gasteiger partial charge in [-0.25, -0.2) is 9.97 Å². The van der Waals surface area contributed by atoms with Crippen molar-refractivity contribution in [2.75, 3.05) is 13.7 Å². The van der Waals surface area contributed by atoms with Crippen LogP contribution in [0.5, 0.6) is 0 Å². The largest absolute Gasteiger partial charge is 0.370 e. The summed E-state index contributed by atoms with van der Waals surface area (Å²) in [5, 5.41) is 3.38. The van der Waals surface area contributed by atoms with E-state index in [2.05, 4.69) is 12.2 Å². The predicted octanol–water partition coefficient (Wildman–Crippen LogP) is 1.85. The number of ether oxygens (including phenoxy) is 1. The highest BCUT2D eigenvalue weighted by atomic mass is 16.5. The first kappa shape index (κ1) is 12.1. The third-order valence-corrected chi connectivity index (χ3v) is 4.35. The maximum atomic E-state index is 5.79. The lowest BCUT2D eigenvalue weighted by molar-refractivity contribution is -0.0166. The van der Waals surface area contributed by atoms with E-state index in [0.717, 1.165) is 43.9 Å². The first-order chi connectivity index (χ1) is 8.75. The first-order valence-corrected chi connectivity index (χ1v) is 6.88. The molecule has 4 heteroatoms. The van der Waals surface area contributed by atoms with Crippen LogP contribution in [0.2, 0.25) is 0 Å². The fourth-order valence-electron chi connectivity index (χ4n) is 3.18. The molecule has 0 radical (unpaired) electrons. The van der Waals surface area contributed by atoms with E-state index in [9.17, 15) is 0 Å². The zero-order chi connectivity index (χ0) is 12.6. The van der Waals surface area contributed by atoms with E-state index >= 15 is 0 Å². The summed E-state index contributed by atoms with van der Waals surface area (Å²) in [6.45, 7) is 4.01. The second-order valence-electron chi connectivity index (χ2n) is 5.39. The molecule has 2 heterocycles. The van der Waals surface area contributed by atoms with Gasteiger partial charge in [0.1, 0.15) is 5.60 Å². The molecule has 0 unspecified atom stereocenters. The minimum atomic E-state index is -0.218. The third-order valence-electron chi connectivity index (χ3n) is 4.35. The summed E-state index contributed by atoms with van der Waals surface area (Å²) in [7, 11) is 1.80. The molecule has 0 saturated heterocycles. The highest BCUT2D eigenvalue weighted by Crippen LogP contribution is 2.40. The average Bonchev–Trinajstić information content (AvgIpc) is 2.89. The number of nitrogens with zero attached hydrogens (tertiary/aromatic N) is 2. The molecular formula is C14H21N3O. The third kappa shape index (κ3) is 1.84. The Hall–Kier alpha value is -1.00. The highest BCUT2D eigenvalue weighted by Gasteiger charge is 2.39. The molecule has 1 aromatic heterocycles. The van der Waals surface area contributed by atoms with Crippen LogP contribution in [0.1, 0.15) is 48.5 Å². The van der Waals surface area contributed by atoms with Gasteiger partial charge in [0.25, 0.3) is 0 Å². The molecule has 98 valence electrons. The molecule has 0 spiro atoms. The highest BCUT2D eigenvalue weighted by molar-refractivity contribution is 5.28. The Balaban J connectivity index is 2.04. The molecule has 3 rings (SSSR count). The van der Waals surface area contributed by atoms with Crippen LogP contribution in [0.4, 0.5) is 0 Å². The normalized spacial score (nSPS) is 21.9. The Morgan fingerprint density at radius 3 is 2.72 bits per heavy atom. The van der Waals surface area contributed by atoms with Gasteiger partial charge in [0.05, 0.1) is 5.69 Å². The van der Waals surface area contributed by atoms with Crippen LogP contribution in [-0.2, 0) is 23.3 Å². The second kappa shape index (κ2) is 4.59. The Labute approximate surface area is 108 Å². The van der Waals surface area contributed by atoms with E-state index in [1.165, 1.54) is 24.1 Å². The van der Waals surface area contributed by atoms with E-state index < -0.39 is 0 Å². The predicted molar refractivity (Wildman–Crippen MR) is 69.3 cm³/mol. The lowest BCUT2D eigenvalue weighted by Crippen LogP contribution is -2.32. The number of hydrogen-bond donors (Lipinski definition) is 1. The quantitative estimate of drug-likeness (QED) is 0.866. The molecule has 0 atom stereocenters. The molecule has 2 aliphatic rings. The topological polar surface area (TPSA) is 47.0 Å². The summed E-state index contributed by atoms with van der Waals surface area (Å²) in [6.07, 6.45) is 5.55. The van der Waals surface area contributed by atoms with E-state index in [-0.39, 0.29) is 5.60 Å². The first-order valence-electron chi connectivity index (χ1n) is 6.88. The number of fused-ring (bicyclic) bond motifs is 1. The maximum absolute atomic E-state index is 5.79. The molecule has 1 N–H and O–H groups in total. The van der Waals surface area contributed by atoms with Crippen molar-refractivity contribution in [1.29, 1.82) is 0 Å². The molecule has 0 amide bonds. The van der Waals surface area contributed by atoms with Crippen LogP contribution < -0.4 is 5.32 Å². The fourth-order valence-corrected chi connectivity index (χ4v) is 3.18. The van der Waals surface area contributed by atoms with Gasteiger partial charge in [-0.05, 0) is 32.6 Å². The van der Waals surface area contributed by atoms with Crippen molar-refractivity contribution in [2.24, 2.45) is 0 Å². The van der Waals surface area contributed by atoms with Crippen molar-refractivity contribution in [1.82, 2.24) is 15.3 Å². The molecule has 18 heavy (non-hydrogen) atoms. The molecule has 1 aliphatic heterocycles. The van der Waals surface area contributed by atoms with E-state index in [0.29, 0.717) is 0 Å². The van der Waals surface area contributed by atoms with Crippen molar-refractivity contribution in [3.05, 3.63) is 22.8 Å². The molecule has 1 aliphatic carbocycles. The van der Waals surface area contributed by atoms with Gasteiger partial charge in [0.15, 0.2) is 5.82 Å². The molecule has 0 bridgehead atoms. The zero-order valence-electron chi connectivity index (χ0n) is 11.3. The molecule has 4 nitrogen and oxygen atoms in total. The Kier molecular flexibility index (Phi) is 3.08. The summed E-state index contributed by atoms with van der Waals surface area (Å²) < 4.78 is 5.79. The number of rotatable bonds is 2. The molecule has 1 saturated carbocycles. The van der Waals surface area contributed by atoms with Crippen molar-refractivity contribution in [2.45, 2.75) is 51.2 Å². The second-order valence-corrected chi connectivity index (χ2v) is 5.39. The number of aryl methyl sites for hydroxylation is 1. The fraction of sp³-hybridized carbons (Fsp3) is 0.714. The van der Waals surface area contributed by atoms with E-state index in [1.54, 1.807) is 7.11 Å². The summed E-state index contributed by atoms with van der Waals surface area (Å²) in [5.74, 6) is 0.917. The summed E-state index contributed by atoms with van der Waals surface area (Å²) in [5.41, 5.74) is 3.41. The zero-order valence-corrected chi connectivity index (χ0v) is 11.3. The minimum Gasteiger partial charge on any atom is -0.370 e. The average molecular weight is 247 g/mol. The lowest BCUT2D eigenvalue weighted by Gasteiger charge is -2.28. The summed E-state index contributed by atoms with van der Waals surface area (Å²) in [6, 6.07) is 0. The molecule has 0 aromatic carbocycles. The van der Waals surface area contributed by atoms with Gasteiger partial charge in [-0.1, -0.05) is 0 Å². The van der Waals surface area contributed by atoms with E-state index in [1.807, 2.05) is 0 Å². The van der Waals surface area contributed by atoms with Gasteiger partial charge in [-0.3, -0.25) is 0 Å². The number of hydrogen-bond acceptors (Lipinski definition) is 4. The van der Waals surface area contributed by atoms with E-state index in [4.69, 9.17) is 14.7 Å². The standard InChI is InChI=1S/C14H21N3O/c1-10-11-9-15-8-5-12(11)17-13(16-10)14(18-2)6-3-4-7-14/h15H,3-9H2,1-2H3. The van der Waals surface area contributed by atoms with Gasteiger partial charge >= 0.3 is 0 Å². The van der Waals surface area contributed by atoms with Gasteiger partial charge in [-0.2, -0.15) is 0 Å². The van der Waals surface area contributed by atoms with Crippen molar-refractivity contribution < 1.29 is 4.74 Å². The SMILES string of the molecule is COC1(c2nc(C)c3c(n2)CCNC3)CCCC1.